The molecule has 11 heteroatoms. The third kappa shape index (κ3) is 4.80. The number of imidazole rings is 1. The van der Waals surface area contributed by atoms with Gasteiger partial charge in [0, 0.05) is 12.3 Å². The molecular weight excluding hydrogens is 456 g/mol. The highest BCUT2D eigenvalue weighted by molar-refractivity contribution is 6.32. The minimum absolute atomic E-state index is 0.209. The molecule has 1 aliphatic rings. The molecule has 0 aliphatic carbocycles. The van der Waals surface area contributed by atoms with Gasteiger partial charge in [0.2, 0.25) is 0 Å². The zero-order valence-electron chi connectivity index (χ0n) is 18.6. The van der Waals surface area contributed by atoms with Crippen molar-refractivity contribution < 1.29 is 23.0 Å². The number of carbonyl (C=O) groups is 1. The molecule has 33 heavy (non-hydrogen) atoms. The minimum atomic E-state index is -3.15. The maximum absolute atomic E-state index is 14.7. The SMILES string of the molecule is COc1cc2ncc(-c3cccc(NC4CN(C(=O)OC(C)(C)C)CC4(F)F)n3)n2cc1Cl. The fraction of sp³-hybridized carbons (Fsp3) is 0.409. The van der Waals surface area contributed by atoms with E-state index in [9.17, 15) is 13.6 Å². The van der Waals surface area contributed by atoms with Gasteiger partial charge in [-0.3, -0.25) is 9.30 Å². The first kappa shape index (κ1) is 23.0. The lowest BCUT2D eigenvalue weighted by molar-refractivity contribution is -0.00640. The molecule has 3 aromatic heterocycles. The Balaban J connectivity index is 1.56. The summed E-state index contributed by atoms with van der Waals surface area (Å²) < 4.78 is 41.5. The molecule has 0 saturated carbocycles. The number of anilines is 1. The number of ether oxygens (including phenoxy) is 2. The first-order chi connectivity index (χ1) is 15.5. The normalized spacial score (nSPS) is 17.9. The average molecular weight is 480 g/mol. The fourth-order valence-electron chi connectivity index (χ4n) is 3.56. The van der Waals surface area contributed by atoms with E-state index in [2.05, 4.69) is 15.3 Å². The Kier molecular flexibility index (Phi) is 5.81. The van der Waals surface area contributed by atoms with E-state index < -0.39 is 30.2 Å². The number of hydrogen-bond donors (Lipinski definition) is 1. The van der Waals surface area contributed by atoms with Gasteiger partial charge in [0.05, 0.1) is 42.8 Å². The molecule has 3 aromatic rings. The van der Waals surface area contributed by atoms with E-state index in [4.69, 9.17) is 21.1 Å². The van der Waals surface area contributed by atoms with E-state index in [-0.39, 0.29) is 12.4 Å². The Morgan fingerprint density at radius 2 is 2.09 bits per heavy atom. The van der Waals surface area contributed by atoms with Gasteiger partial charge in [-0.1, -0.05) is 17.7 Å². The molecule has 1 N–H and O–H groups in total. The van der Waals surface area contributed by atoms with Crippen molar-refractivity contribution in [1.82, 2.24) is 19.3 Å². The highest BCUT2D eigenvalue weighted by atomic mass is 35.5. The lowest BCUT2D eigenvalue weighted by atomic mass is 10.2. The predicted octanol–water partition coefficient (Wildman–Crippen LogP) is 4.72. The first-order valence-electron chi connectivity index (χ1n) is 10.3. The molecule has 1 aliphatic heterocycles. The molecule has 1 amide bonds. The van der Waals surface area contributed by atoms with Crippen LogP contribution in [0.25, 0.3) is 17.0 Å². The van der Waals surface area contributed by atoms with Crippen LogP contribution in [0.1, 0.15) is 20.8 Å². The second kappa shape index (κ2) is 8.33. The maximum atomic E-state index is 14.7. The van der Waals surface area contributed by atoms with Gasteiger partial charge in [-0.05, 0) is 32.9 Å². The zero-order valence-corrected chi connectivity index (χ0v) is 19.4. The third-order valence-corrected chi connectivity index (χ3v) is 5.37. The number of halogens is 3. The molecule has 1 fully saturated rings. The standard InChI is InChI=1S/C22H24ClF2N5O3/c1-21(2,3)33-20(31)29-11-17(22(24,25)12-29)28-18-7-5-6-14(27-18)15-9-26-19-8-16(32-4)13(23)10-30(15)19/h5-10,17H,11-12H2,1-4H3,(H,27,28). The van der Waals surface area contributed by atoms with E-state index in [1.165, 1.54) is 7.11 Å². The number of alkyl halides is 2. The fourth-order valence-corrected chi connectivity index (χ4v) is 3.79. The molecule has 176 valence electrons. The summed E-state index contributed by atoms with van der Waals surface area (Å²) in [6.07, 6.45) is 2.50. The van der Waals surface area contributed by atoms with Crippen molar-refractivity contribution in [2.45, 2.75) is 38.3 Å². The van der Waals surface area contributed by atoms with Crippen LogP contribution in [0.3, 0.4) is 0 Å². The number of aromatic nitrogens is 3. The number of methoxy groups -OCH3 is 1. The van der Waals surface area contributed by atoms with Gasteiger partial charge < -0.3 is 14.8 Å². The number of rotatable bonds is 4. The van der Waals surface area contributed by atoms with Crippen molar-refractivity contribution in [1.29, 1.82) is 0 Å². The largest absolute Gasteiger partial charge is 0.495 e. The second-order valence-electron chi connectivity index (χ2n) is 8.79. The Morgan fingerprint density at radius 3 is 2.79 bits per heavy atom. The highest BCUT2D eigenvalue weighted by Crippen LogP contribution is 2.32. The quantitative estimate of drug-likeness (QED) is 0.583. The third-order valence-electron chi connectivity index (χ3n) is 5.08. The molecular formula is C22H24ClF2N5O3. The van der Waals surface area contributed by atoms with Crippen LogP contribution < -0.4 is 10.1 Å². The summed E-state index contributed by atoms with van der Waals surface area (Å²) in [5.74, 6) is -2.41. The molecule has 1 unspecified atom stereocenters. The van der Waals surface area contributed by atoms with Gasteiger partial charge in [-0.2, -0.15) is 0 Å². The Bertz CT molecular complexity index is 1190. The number of carbonyl (C=O) groups excluding carboxylic acids is 1. The van der Waals surface area contributed by atoms with E-state index in [1.54, 1.807) is 61.8 Å². The molecule has 8 nitrogen and oxygen atoms in total. The maximum Gasteiger partial charge on any atom is 0.410 e. The number of pyridine rings is 2. The van der Waals surface area contributed by atoms with E-state index >= 15 is 0 Å². The zero-order chi connectivity index (χ0) is 24.0. The molecule has 4 heterocycles. The first-order valence-corrected chi connectivity index (χ1v) is 10.6. The van der Waals surface area contributed by atoms with E-state index in [0.29, 0.717) is 27.8 Å². The number of fused-ring (bicyclic) bond motifs is 1. The monoisotopic (exact) mass is 479 g/mol. The van der Waals surface area contributed by atoms with Crippen molar-refractivity contribution in [3.8, 4) is 17.1 Å². The van der Waals surface area contributed by atoms with Crippen LogP contribution in [-0.2, 0) is 4.74 Å². The Hall–Kier alpha value is -3.14. The predicted molar refractivity (Wildman–Crippen MR) is 120 cm³/mol. The molecule has 4 rings (SSSR count). The molecule has 0 spiro atoms. The lowest BCUT2D eigenvalue weighted by Crippen LogP contribution is -2.38. The summed E-state index contributed by atoms with van der Waals surface area (Å²) in [7, 11) is 1.51. The number of hydrogen-bond acceptors (Lipinski definition) is 6. The summed E-state index contributed by atoms with van der Waals surface area (Å²) in [6.45, 7) is 4.13. The molecule has 1 atom stereocenters. The summed E-state index contributed by atoms with van der Waals surface area (Å²) in [5, 5.41) is 3.17. The van der Waals surface area contributed by atoms with Crippen molar-refractivity contribution in [2.75, 3.05) is 25.5 Å². The van der Waals surface area contributed by atoms with Crippen LogP contribution in [0.4, 0.5) is 19.4 Å². The summed E-state index contributed by atoms with van der Waals surface area (Å²) >= 11 is 6.24. The second-order valence-corrected chi connectivity index (χ2v) is 9.20. The van der Waals surface area contributed by atoms with Crippen LogP contribution in [0, 0.1) is 0 Å². The van der Waals surface area contributed by atoms with Crippen LogP contribution in [-0.4, -0.2) is 63.1 Å². The topological polar surface area (TPSA) is 81.0 Å². The Labute approximate surface area is 194 Å². The molecule has 0 radical (unpaired) electrons. The van der Waals surface area contributed by atoms with E-state index in [0.717, 1.165) is 4.90 Å². The van der Waals surface area contributed by atoms with Crippen molar-refractivity contribution in [2.24, 2.45) is 0 Å². The van der Waals surface area contributed by atoms with Gasteiger partial charge in [0.1, 0.15) is 28.9 Å². The molecule has 0 aromatic carbocycles. The molecule has 0 bridgehead atoms. The van der Waals surface area contributed by atoms with Crippen LogP contribution in [0.2, 0.25) is 5.02 Å². The van der Waals surface area contributed by atoms with Gasteiger partial charge in [0.15, 0.2) is 0 Å². The van der Waals surface area contributed by atoms with Gasteiger partial charge in [-0.15, -0.1) is 0 Å². The summed E-state index contributed by atoms with van der Waals surface area (Å²) in [5.41, 5.74) is 0.974. The van der Waals surface area contributed by atoms with Crippen molar-refractivity contribution >= 4 is 29.2 Å². The van der Waals surface area contributed by atoms with Crippen LogP contribution >= 0.6 is 11.6 Å². The highest BCUT2D eigenvalue weighted by Gasteiger charge is 2.50. The number of nitrogens with one attached hydrogen (secondary N) is 1. The smallest absolute Gasteiger partial charge is 0.410 e. The lowest BCUT2D eigenvalue weighted by Gasteiger charge is -2.24. The van der Waals surface area contributed by atoms with E-state index in [1.807, 2.05) is 0 Å². The average Bonchev–Trinajstić information content (AvgIpc) is 3.26. The minimum Gasteiger partial charge on any atom is -0.495 e. The molecule has 1 saturated heterocycles. The Morgan fingerprint density at radius 1 is 1.33 bits per heavy atom. The number of likely N-dealkylation sites (tertiary alicyclic amines) is 1. The summed E-state index contributed by atoms with van der Waals surface area (Å²) in [6, 6.07) is 5.42. The van der Waals surface area contributed by atoms with Gasteiger partial charge >= 0.3 is 6.09 Å². The van der Waals surface area contributed by atoms with Gasteiger partial charge in [0.25, 0.3) is 5.92 Å². The van der Waals surface area contributed by atoms with Crippen molar-refractivity contribution in [3.05, 3.63) is 41.7 Å². The van der Waals surface area contributed by atoms with Crippen LogP contribution in [0.5, 0.6) is 5.75 Å². The summed E-state index contributed by atoms with van der Waals surface area (Å²) in [4.78, 5) is 22.1. The number of amides is 1. The van der Waals surface area contributed by atoms with Crippen molar-refractivity contribution in [3.63, 3.8) is 0 Å². The number of nitrogens with zero attached hydrogens (tertiary/aromatic N) is 4. The van der Waals surface area contributed by atoms with Gasteiger partial charge in [-0.25, -0.2) is 23.5 Å². The van der Waals surface area contributed by atoms with Crippen LogP contribution in [0.15, 0.2) is 36.7 Å².